The van der Waals surface area contributed by atoms with Gasteiger partial charge in [-0.1, -0.05) is 29.8 Å². The zero-order valence-electron chi connectivity index (χ0n) is 16.4. The SMILES string of the molecule is COCCOc1ccc(C(C)NC(=O)C2CC2c2cccc(Cl)c2)cc1OC. The number of rotatable bonds is 9. The van der Waals surface area contributed by atoms with Crippen molar-refractivity contribution in [1.29, 1.82) is 0 Å². The van der Waals surface area contributed by atoms with E-state index in [1.54, 1.807) is 14.2 Å². The molecular formula is C22H26ClNO4. The zero-order chi connectivity index (χ0) is 20.1. The molecule has 0 aliphatic heterocycles. The predicted octanol–water partition coefficient (Wildman–Crippen LogP) is 4.35. The third-order valence-electron chi connectivity index (χ3n) is 5.00. The summed E-state index contributed by atoms with van der Waals surface area (Å²) in [4.78, 5) is 12.6. The molecule has 2 aromatic carbocycles. The van der Waals surface area contributed by atoms with Gasteiger partial charge in [0.05, 0.1) is 19.8 Å². The molecule has 0 heterocycles. The Hall–Kier alpha value is -2.24. The molecule has 150 valence electrons. The number of methoxy groups -OCH3 is 2. The van der Waals surface area contributed by atoms with Crippen molar-refractivity contribution in [2.24, 2.45) is 5.92 Å². The second-order valence-electron chi connectivity index (χ2n) is 6.99. The molecule has 0 aromatic heterocycles. The minimum atomic E-state index is -0.130. The van der Waals surface area contributed by atoms with Crippen LogP contribution < -0.4 is 14.8 Å². The average Bonchev–Trinajstić information content (AvgIpc) is 3.49. The maximum absolute atomic E-state index is 12.6. The number of hydrogen-bond donors (Lipinski definition) is 1. The van der Waals surface area contributed by atoms with Crippen molar-refractivity contribution in [3.8, 4) is 11.5 Å². The summed E-state index contributed by atoms with van der Waals surface area (Å²) in [5.74, 6) is 1.61. The number of amides is 1. The molecule has 1 aliphatic rings. The molecule has 28 heavy (non-hydrogen) atoms. The quantitative estimate of drug-likeness (QED) is 0.632. The molecule has 5 nitrogen and oxygen atoms in total. The van der Waals surface area contributed by atoms with Crippen molar-refractivity contribution in [2.75, 3.05) is 27.4 Å². The number of carbonyl (C=O) groups is 1. The van der Waals surface area contributed by atoms with Crippen LogP contribution in [0, 0.1) is 5.92 Å². The van der Waals surface area contributed by atoms with Crippen molar-refractivity contribution in [3.63, 3.8) is 0 Å². The first kappa shape index (κ1) is 20.5. The maximum atomic E-state index is 12.6. The third-order valence-corrected chi connectivity index (χ3v) is 5.23. The summed E-state index contributed by atoms with van der Waals surface area (Å²) in [6, 6.07) is 13.3. The summed E-state index contributed by atoms with van der Waals surface area (Å²) in [5, 5.41) is 3.81. The van der Waals surface area contributed by atoms with Gasteiger partial charge in [-0.25, -0.2) is 0 Å². The van der Waals surface area contributed by atoms with E-state index >= 15 is 0 Å². The average molecular weight is 404 g/mol. The summed E-state index contributed by atoms with van der Waals surface area (Å²) in [6.45, 7) is 2.92. The Morgan fingerprint density at radius 3 is 2.71 bits per heavy atom. The second-order valence-corrected chi connectivity index (χ2v) is 7.42. The van der Waals surface area contributed by atoms with Gasteiger partial charge in [-0.3, -0.25) is 4.79 Å². The highest BCUT2D eigenvalue weighted by Crippen LogP contribution is 2.48. The van der Waals surface area contributed by atoms with Gasteiger partial charge < -0.3 is 19.5 Å². The second kappa shape index (κ2) is 9.30. The van der Waals surface area contributed by atoms with Crippen LogP contribution in [0.1, 0.15) is 36.4 Å². The van der Waals surface area contributed by atoms with Crippen LogP contribution in [0.15, 0.2) is 42.5 Å². The fourth-order valence-corrected chi connectivity index (χ4v) is 3.50. The largest absolute Gasteiger partial charge is 0.493 e. The van der Waals surface area contributed by atoms with Crippen molar-refractivity contribution in [3.05, 3.63) is 58.6 Å². The van der Waals surface area contributed by atoms with E-state index in [2.05, 4.69) is 5.32 Å². The van der Waals surface area contributed by atoms with E-state index in [1.807, 2.05) is 49.4 Å². The highest BCUT2D eigenvalue weighted by Gasteiger charge is 2.44. The number of halogens is 1. The Labute approximate surface area is 170 Å². The molecule has 0 saturated heterocycles. The first-order chi connectivity index (χ1) is 13.5. The van der Waals surface area contributed by atoms with Gasteiger partial charge >= 0.3 is 0 Å². The standard InChI is InChI=1S/C22H26ClNO4/c1-14(15-7-8-20(21(12-15)27-3)28-10-9-26-2)24-22(25)19-13-18(19)16-5-4-6-17(23)11-16/h4-8,11-12,14,18-19H,9-10,13H2,1-3H3,(H,24,25). The number of hydrogen-bond acceptors (Lipinski definition) is 4. The molecule has 1 fully saturated rings. The predicted molar refractivity (Wildman–Crippen MR) is 109 cm³/mol. The van der Waals surface area contributed by atoms with Crippen LogP contribution in [0.5, 0.6) is 11.5 Å². The molecule has 1 N–H and O–H groups in total. The van der Waals surface area contributed by atoms with Gasteiger partial charge in [0, 0.05) is 18.1 Å². The lowest BCUT2D eigenvalue weighted by molar-refractivity contribution is -0.123. The zero-order valence-corrected chi connectivity index (χ0v) is 17.2. The Morgan fingerprint density at radius 1 is 1.18 bits per heavy atom. The first-order valence-corrected chi connectivity index (χ1v) is 9.76. The molecular weight excluding hydrogens is 378 g/mol. The Morgan fingerprint density at radius 2 is 2.00 bits per heavy atom. The molecule has 1 saturated carbocycles. The molecule has 2 aromatic rings. The summed E-state index contributed by atoms with van der Waals surface area (Å²) < 4.78 is 16.1. The lowest BCUT2D eigenvalue weighted by atomic mass is 10.1. The van der Waals surface area contributed by atoms with Crippen molar-refractivity contribution < 1.29 is 19.0 Å². The molecule has 0 radical (unpaired) electrons. The molecule has 1 amide bonds. The number of benzene rings is 2. The number of carbonyl (C=O) groups excluding carboxylic acids is 1. The van der Waals surface area contributed by atoms with E-state index in [9.17, 15) is 4.79 Å². The van der Waals surface area contributed by atoms with E-state index in [0.717, 1.165) is 17.5 Å². The van der Waals surface area contributed by atoms with Crippen molar-refractivity contribution in [1.82, 2.24) is 5.32 Å². The van der Waals surface area contributed by atoms with Gasteiger partial charge in [0.15, 0.2) is 11.5 Å². The van der Waals surface area contributed by atoms with Crippen LogP contribution in [0.2, 0.25) is 5.02 Å². The minimum absolute atomic E-state index is 0.000498. The summed E-state index contributed by atoms with van der Waals surface area (Å²) in [5.41, 5.74) is 2.09. The maximum Gasteiger partial charge on any atom is 0.224 e. The first-order valence-electron chi connectivity index (χ1n) is 9.39. The van der Waals surface area contributed by atoms with Crippen LogP contribution >= 0.6 is 11.6 Å². The fraction of sp³-hybridized carbons (Fsp3) is 0.409. The Balaban J connectivity index is 1.60. The van der Waals surface area contributed by atoms with Crippen LogP contribution in [0.3, 0.4) is 0 Å². The highest BCUT2D eigenvalue weighted by molar-refractivity contribution is 6.30. The normalized spacial score (nSPS) is 19.0. The monoisotopic (exact) mass is 403 g/mol. The Bertz CT molecular complexity index is 826. The van der Waals surface area contributed by atoms with Gasteiger partial charge in [0.25, 0.3) is 0 Å². The van der Waals surface area contributed by atoms with Crippen molar-refractivity contribution in [2.45, 2.75) is 25.3 Å². The smallest absolute Gasteiger partial charge is 0.224 e. The third kappa shape index (κ3) is 4.97. The molecule has 1 aliphatic carbocycles. The molecule has 3 atom stereocenters. The van der Waals surface area contributed by atoms with Gasteiger partial charge in [0.1, 0.15) is 6.61 Å². The molecule has 6 heteroatoms. The van der Waals surface area contributed by atoms with Gasteiger partial charge in [-0.15, -0.1) is 0 Å². The van der Waals surface area contributed by atoms with E-state index in [1.165, 1.54) is 0 Å². The van der Waals surface area contributed by atoms with Gasteiger partial charge in [-0.2, -0.15) is 0 Å². The molecule has 0 spiro atoms. The van der Waals surface area contributed by atoms with Crippen LogP contribution in [0.4, 0.5) is 0 Å². The van der Waals surface area contributed by atoms with Crippen LogP contribution in [-0.2, 0) is 9.53 Å². The summed E-state index contributed by atoms with van der Waals surface area (Å²) >= 11 is 6.06. The summed E-state index contributed by atoms with van der Waals surface area (Å²) in [7, 11) is 3.23. The number of nitrogens with one attached hydrogen (secondary N) is 1. The van der Waals surface area contributed by atoms with E-state index in [0.29, 0.717) is 29.7 Å². The van der Waals surface area contributed by atoms with Gasteiger partial charge in [-0.05, 0) is 54.7 Å². The number of ether oxygens (including phenoxy) is 3. The topological polar surface area (TPSA) is 56.8 Å². The van der Waals surface area contributed by atoms with E-state index in [-0.39, 0.29) is 23.8 Å². The molecule has 0 bridgehead atoms. The Kier molecular flexibility index (Phi) is 6.81. The lowest BCUT2D eigenvalue weighted by Crippen LogP contribution is -2.28. The van der Waals surface area contributed by atoms with Crippen molar-refractivity contribution >= 4 is 17.5 Å². The van der Waals surface area contributed by atoms with E-state index < -0.39 is 0 Å². The van der Waals surface area contributed by atoms with Crippen LogP contribution in [0.25, 0.3) is 0 Å². The fourth-order valence-electron chi connectivity index (χ4n) is 3.30. The van der Waals surface area contributed by atoms with E-state index in [4.69, 9.17) is 25.8 Å². The molecule has 3 unspecified atom stereocenters. The lowest BCUT2D eigenvalue weighted by Gasteiger charge is -2.17. The summed E-state index contributed by atoms with van der Waals surface area (Å²) in [6.07, 6.45) is 0.856. The minimum Gasteiger partial charge on any atom is -0.493 e. The molecule has 3 rings (SSSR count). The van der Waals surface area contributed by atoms with Crippen LogP contribution in [-0.4, -0.2) is 33.3 Å². The highest BCUT2D eigenvalue weighted by atomic mass is 35.5. The van der Waals surface area contributed by atoms with Gasteiger partial charge in [0.2, 0.25) is 5.91 Å².